The molecule has 1 fully saturated rings. The number of carbonyl (C=O) groups is 1. The number of para-hydroxylation sites is 1. The number of carbonyl (C=O) groups excluding carboxylic acids is 1. The lowest BCUT2D eigenvalue weighted by atomic mass is 10.1. The molecule has 1 aromatic heterocycles. The van der Waals surface area contributed by atoms with Crippen molar-refractivity contribution in [1.82, 2.24) is 10.1 Å². The topological polar surface area (TPSA) is 95.8 Å². The molecule has 1 amide bonds. The largest absolute Gasteiger partial charge is 0.368 e. The summed E-state index contributed by atoms with van der Waals surface area (Å²) >= 11 is 0. The highest BCUT2D eigenvalue weighted by atomic mass is 32.2. The summed E-state index contributed by atoms with van der Waals surface area (Å²) in [7, 11) is -3.82. The van der Waals surface area contributed by atoms with Crippen LogP contribution in [-0.4, -0.2) is 50.6 Å². The smallest absolute Gasteiger partial charge is 0.267 e. The van der Waals surface area contributed by atoms with Gasteiger partial charge in [-0.3, -0.25) is 9.52 Å². The van der Waals surface area contributed by atoms with Crippen LogP contribution in [0.25, 0.3) is 0 Å². The molecule has 1 N–H and O–H groups in total. The van der Waals surface area contributed by atoms with E-state index in [1.54, 1.807) is 38.1 Å². The monoisotopic (exact) mass is 440 g/mol. The number of nitrogens with zero attached hydrogens (tertiary/aromatic N) is 3. The van der Waals surface area contributed by atoms with Gasteiger partial charge in [-0.05, 0) is 50.2 Å². The van der Waals surface area contributed by atoms with Gasteiger partial charge >= 0.3 is 0 Å². The van der Waals surface area contributed by atoms with Gasteiger partial charge in [0, 0.05) is 43.1 Å². The van der Waals surface area contributed by atoms with Crippen LogP contribution in [0.5, 0.6) is 0 Å². The average Bonchev–Trinajstić information content (AvgIpc) is 3.13. The molecule has 1 aliphatic heterocycles. The van der Waals surface area contributed by atoms with Crippen LogP contribution in [0.2, 0.25) is 0 Å². The number of anilines is 2. The van der Waals surface area contributed by atoms with E-state index >= 15 is 0 Å². The number of sulfonamides is 1. The van der Waals surface area contributed by atoms with Crippen molar-refractivity contribution in [3.8, 4) is 0 Å². The Bertz CT molecular complexity index is 1150. The molecule has 2 aromatic carbocycles. The first-order valence-electron chi connectivity index (χ1n) is 10.0. The third-order valence-corrected chi connectivity index (χ3v) is 6.93. The summed E-state index contributed by atoms with van der Waals surface area (Å²) in [6.45, 7) is 5.93. The van der Waals surface area contributed by atoms with Crippen molar-refractivity contribution in [3.63, 3.8) is 0 Å². The van der Waals surface area contributed by atoms with Crippen molar-refractivity contribution in [1.29, 1.82) is 0 Å². The van der Waals surface area contributed by atoms with E-state index in [9.17, 15) is 13.2 Å². The quantitative estimate of drug-likeness (QED) is 0.655. The molecular formula is C22H24N4O4S. The molecular weight excluding hydrogens is 416 g/mol. The van der Waals surface area contributed by atoms with Crippen molar-refractivity contribution >= 4 is 27.3 Å². The fourth-order valence-corrected chi connectivity index (χ4v) is 5.12. The fourth-order valence-electron chi connectivity index (χ4n) is 3.73. The number of nitrogens with one attached hydrogen (secondary N) is 1. The van der Waals surface area contributed by atoms with Gasteiger partial charge in [0.1, 0.15) is 5.69 Å². The lowest BCUT2D eigenvalue weighted by Crippen LogP contribution is -2.48. The third kappa shape index (κ3) is 4.41. The second-order valence-electron chi connectivity index (χ2n) is 7.45. The van der Waals surface area contributed by atoms with E-state index < -0.39 is 10.0 Å². The van der Waals surface area contributed by atoms with E-state index in [0.29, 0.717) is 30.0 Å². The minimum Gasteiger partial charge on any atom is -0.368 e. The van der Waals surface area contributed by atoms with Crippen molar-refractivity contribution in [2.45, 2.75) is 18.7 Å². The molecule has 1 aliphatic rings. The maximum Gasteiger partial charge on any atom is 0.267 e. The minimum absolute atomic E-state index is 0.0314. The summed E-state index contributed by atoms with van der Waals surface area (Å²) in [6, 6.07) is 16.6. The van der Waals surface area contributed by atoms with E-state index in [4.69, 9.17) is 4.52 Å². The summed E-state index contributed by atoms with van der Waals surface area (Å²) < 4.78 is 32.7. The van der Waals surface area contributed by atoms with Gasteiger partial charge in [-0.25, -0.2) is 8.42 Å². The first-order chi connectivity index (χ1) is 14.8. The molecule has 8 nitrogen and oxygen atoms in total. The standard InChI is InChI=1S/C22H24N4O4S/c1-16-21(17(2)30-23-16)31(28,29)24-19-10-8-18(9-11-19)22(27)26-14-12-25(13-15-26)20-6-4-3-5-7-20/h3-11,24H,12-15H2,1-2H3. The highest BCUT2D eigenvalue weighted by Crippen LogP contribution is 2.23. The first kappa shape index (κ1) is 20.9. The molecule has 0 unspecified atom stereocenters. The Labute approximate surface area is 181 Å². The zero-order valence-corrected chi connectivity index (χ0v) is 18.2. The van der Waals surface area contributed by atoms with Crippen LogP contribution >= 0.6 is 0 Å². The first-order valence-corrected chi connectivity index (χ1v) is 11.5. The van der Waals surface area contributed by atoms with Gasteiger partial charge in [0.05, 0.1) is 0 Å². The van der Waals surface area contributed by atoms with E-state index in [-0.39, 0.29) is 16.6 Å². The van der Waals surface area contributed by atoms with Crippen LogP contribution in [0.15, 0.2) is 64.0 Å². The number of amides is 1. The van der Waals surface area contributed by atoms with Gasteiger partial charge < -0.3 is 14.3 Å². The number of rotatable bonds is 5. The average molecular weight is 441 g/mol. The molecule has 162 valence electrons. The summed E-state index contributed by atoms with van der Waals surface area (Å²) in [5, 5.41) is 3.69. The molecule has 0 spiro atoms. The second kappa shape index (κ2) is 8.43. The van der Waals surface area contributed by atoms with Crippen LogP contribution in [-0.2, 0) is 10.0 Å². The SMILES string of the molecule is Cc1noc(C)c1S(=O)(=O)Nc1ccc(C(=O)N2CCN(c3ccccc3)CC2)cc1. The molecule has 0 atom stereocenters. The van der Waals surface area contributed by atoms with E-state index in [1.807, 2.05) is 23.1 Å². The number of benzene rings is 2. The van der Waals surface area contributed by atoms with E-state index in [2.05, 4.69) is 26.9 Å². The van der Waals surface area contributed by atoms with Crippen molar-refractivity contribution < 1.29 is 17.7 Å². The summed E-state index contributed by atoms with van der Waals surface area (Å²) in [6.07, 6.45) is 0. The number of aryl methyl sites for hydroxylation is 2. The molecule has 1 saturated heterocycles. The van der Waals surface area contributed by atoms with Crippen molar-refractivity contribution in [2.75, 3.05) is 35.8 Å². The Morgan fingerprint density at radius 2 is 1.61 bits per heavy atom. The van der Waals surface area contributed by atoms with Crippen LogP contribution in [0.4, 0.5) is 11.4 Å². The Balaban J connectivity index is 1.40. The Hall–Kier alpha value is -3.33. The number of hydrogen-bond donors (Lipinski definition) is 1. The normalized spacial score (nSPS) is 14.5. The van der Waals surface area contributed by atoms with Gasteiger partial charge in [0.2, 0.25) is 0 Å². The predicted molar refractivity (Wildman–Crippen MR) is 118 cm³/mol. The van der Waals surface area contributed by atoms with Crippen LogP contribution < -0.4 is 9.62 Å². The molecule has 0 bridgehead atoms. The van der Waals surface area contributed by atoms with Gasteiger partial charge in [0.25, 0.3) is 15.9 Å². The van der Waals surface area contributed by atoms with Crippen molar-refractivity contribution in [3.05, 3.63) is 71.6 Å². The predicted octanol–water partition coefficient (Wildman–Crippen LogP) is 3.05. The van der Waals surface area contributed by atoms with E-state index in [1.165, 1.54) is 0 Å². The van der Waals surface area contributed by atoms with E-state index in [0.717, 1.165) is 18.8 Å². The van der Waals surface area contributed by atoms with Crippen molar-refractivity contribution in [2.24, 2.45) is 0 Å². The maximum absolute atomic E-state index is 12.9. The molecule has 4 rings (SSSR count). The molecule has 0 saturated carbocycles. The molecule has 0 radical (unpaired) electrons. The Morgan fingerprint density at radius 1 is 0.968 bits per heavy atom. The molecule has 31 heavy (non-hydrogen) atoms. The Morgan fingerprint density at radius 3 is 2.19 bits per heavy atom. The number of hydrogen-bond acceptors (Lipinski definition) is 6. The number of aromatic nitrogens is 1. The fraction of sp³-hybridized carbons (Fsp3) is 0.273. The van der Waals surface area contributed by atoms with Crippen LogP contribution in [0, 0.1) is 13.8 Å². The highest BCUT2D eigenvalue weighted by Gasteiger charge is 2.25. The van der Waals surface area contributed by atoms with Gasteiger partial charge in [0.15, 0.2) is 10.7 Å². The summed E-state index contributed by atoms with van der Waals surface area (Å²) in [5.74, 6) is 0.166. The molecule has 0 aliphatic carbocycles. The minimum atomic E-state index is -3.82. The highest BCUT2D eigenvalue weighted by molar-refractivity contribution is 7.92. The summed E-state index contributed by atoms with van der Waals surface area (Å²) in [4.78, 5) is 17.0. The summed E-state index contributed by atoms with van der Waals surface area (Å²) in [5.41, 5.74) is 2.34. The lowest BCUT2D eigenvalue weighted by molar-refractivity contribution is 0.0747. The second-order valence-corrected chi connectivity index (χ2v) is 9.07. The van der Waals surface area contributed by atoms with Crippen LogP contribution in [0.1, 0.15) is 21.8 Å². The van der Waals surface area contributed by atoms with Crippen LogP contribution in [0.3, 0.4) is 0 Å². The zero-order chi connectivity index (χ0) is 22.0. The molecule has 9 heteroatoms. The zero-order valence-electron chi connectivity index (χ0n) is 17.4. The maximum atomic E-state index is 12.9. The van der Waals surface area contributed by atoms with Gasteiger partial charge in [-0.15, -0.1) is 0 Å². The number of piperazine rings is 1. The van der Waals surface area contributed by atoms with Gasteiger partial charge in [-0.1, -0.05) is 23.4 Å². The Kier molecular flexibility index (Phi) is 5.69. The third-order valence-electron chi connectivity index (χ3n) is 5.31. The molecule has 3 aromatic rings. The van der Waals surface area contributed by atoms with Gasteiger partial charge in [-0.2, -0.15) is 0 Å². The molecule has 2 heterocycles. The lowest BCUT2D eigenvalue weighted by Gasteiger charge is -2.36.